The van der Waals surface area contributed by atoms with E-state index in [2.05, 4.69) is 37.8 Å². The minimum absolute atomic E-state index is 0.0557. The van der Waals surface area contributed by atoms with E-state index in [9.17, 15) is 4.79 Å². The molecule has 1 aliphatic heterocycles. The van der Waals surface area contributed by atoms with Crippen LogP contribution >= 0.6 is 0 Å². The molecular formula is C23H31O3S+. The first-order chi connectivity index (χ1) is 13.0. The van der Waals surface area contributed by atoms with Gasteiger partial charge in [0.1, 0.15) is 17.3 Å². The molecule has 0 unspecified atom stereocenters. The minimum Gasteiger partial charge on any atom is -0.481 e. The van der Waals surface area contributed by atoms with Gasteiger partial charge in [-0.15, -0.1) is 5.92 Å². The third-order valence-electron chi connectivity index (χ3n) is 5.46. The van der Waals surface area contributed by atoms with Crippen LogP contribution in [-0.2, 0) is 20.4 Å². The molecule has 0 aromatic heterocycles. The molecule has 0 amide bonds. The van der Waals surface area contributed by atoms with Crippen molar-refractivity contribution in [1.82, 2.24) is 0 Å². The van der Waals surface area contributed by atoms with Crippen LogP contribution in [0, 0.1) is 25.7 Å². The zero-order chi connectivity index (χ0) is 19.3. The van der Waals surface area contributed by atoms with E-state index in [0.29, 0.717) is 10.9 Å². The fourth-order valence-corrected chi connectivity index (χ4v) is 6.64. The van der Waals surface area contributed by atoms with Crippen molar-refractivity contribution in [2.75, 3.05) is 18.1 Å². The maximum absolute atomic E-state index is 12.4. The van der Waals surface area contributed by atoms with Crippen LogP contribution in [0.15, 0.2) is 17.0 Å². The number of carbonyl (C=O) groups is 1. The summed E-state index contributed by atoms with van der Waals surface area (Å²) in [6.07, 6.45) is 7.83. The molecule has 0 spiro atoms. The molecule has 146 valence electrons. The van der Waals surface area contributed by atoms with E-state index in [0.717, 1.165) is 42.6 Å². The summed E-state index contributed by atoms with van der Waals surface area (Å²) in [4.78, 5) is 13.8. The van der Waals surface area contributed by atoms with Gasteiger partial charge >= 0.3 is 5.97 Å². The topological polar surface area (TPSA) is 35.5 Å². The van der Waals surface area contributed by atoms with E-state index < -0.39 is 5.60 Å². The second-order valence-electron chi connectivity index (χ2n) is 7.69. The maximum Gasteiger partial charge on any atom is 0.345 e. The number of rotatable bonds is 5. The van der Waals surface area contributed by atoms with Gasteiger partial charge in [-0.1, -0.05) is 5.92 Å². The number of hydrogen-bond acceptors (Lipinski definition) is 3. The van der Waals surface area contributed by atoms with Gasteiger partial charge in [-0.2, -0.15) is 0 Å². The molecule has 0 bridgehead atoms. The molecule has 27 heavy (non-hydrogen) atoms. The Morgan fingerprint density at radius 2 is 1.70 bits per heavy atom. The largest absolute Gasteiger partial charge is 0.481 e. The predicted molar refractivity (Wildman–Crippen MR) is 111 cm³/mol. The molecule has 2 aliphatic rings. The van der Waals surface area contributed by atoms with Crippen molar-refractivity contribution in [2.24, 2.45) is 0 Å². The van der Waals surface area contributed by atoms with Gasteiger partial charge in [-0.3, -0.25) is 0 Å². The van der Waals surface area contributed by atoms with Gasteiger partial charge in [0.05, 0.1) is 0 Å². The molecule has 1 saturated heterocycles. The average Bonchev–Trinajstić information content (AvgIpc) is 3.10. The quantitative estimate of drug-likeness (QED) is 0.416. The first kappa shape index (κ1) is 20.1. The molecule has 1 aromatic carbocycles. The Hall–Kier alpha value is -1.60. The summed E-state index contributed by atoms with van der Waals surface area (Å²) in [7, 11) is 0.377. The van der Waals surface area contributed by atoms with Crippen molar-refractivity contribution in [3.05, 3.63) is 23.3 Å². The average molecular weight is 388 g/mol. The smallest absolute Gasteiger partial charge is 0.345 e. The highest BCUT2D eigenvalue weighted by molar-refractivity contribution is 7.96. The first-order valence-corrected chi connectivity index (χ1v) is 11.7. The standard InChI is InChI=1S/C23H31O3S/c1-4-10-23(11-6-7-12-23)26-21(24)17-25-22-18(2)15-20(16-19(22)3)27-13-8-5-9-14-27/h15-16H,5-9,11-14,17H2,1-3H3/q+1. The van der Waals surface area contributed by atoms with Gasteiger partial charge in [0.25, 0.3) is 0 Å². The van der Waals surface area contributed by atoms with Crippen molar-refractivity contribution >= 4 is 16.9 Å². The van der Waals surface area contributed by atoms with E-state index in [1.54, 1.807) is 6.92 Å². The second kappa shape index (κ2) is 9.06. The predicted octanol–water partition coefficient (Wildman–Crippen LogP) is 4.72. The van der Waals surface area contributed by atoms with Crippen LogP contribution in [0.3, 0.4) is 0 Å². The summed E-state index contributed by atoms with van der Waals surface area (Å²) in [6.45, 7) is 5.89. The number of hydrogen-bond donors (Lipinski definition) is 0. The van der Waals surface area contributed by atoms with Gasteiger partial charge < -0.3 is 9.47 Å². The van der Waals surface area contributed by atoms with E-state index >= 15 is 0 Å². The van der Waals surface area contributed by atoms with Crippen molar-refractivity contribution in [3.8, 4) is 17.6 Å². The van der Waals surface area contributed by atoms with Crippen LogP contribution in [-0.4, -0.2) is 29.7 Å². The summed E-state index contributed by atoms with van der Waals surface area (Å²) < 4.78 is 11.6. The molecule has 0 N–H and O–H groups in total. The van der Waals surface area contributed by atoms with Crippen molar-refractivity contribution < 1.29 is 14.3 Å². The Balaban J connectivity index is 1.63. The number of ether oxygens (including phenoxy) is 2. The SMILES string of the molecule is CC#CC1(OC(=O)COc2c(C)cc([S+]3CCCCC3)cc2C)CCCC1. The molecule has 1 saturated carbocycles. The zero-order valence-corrected chi connectivity index (χ0v) is 17.7. The molecule has 2 fully saturated rings. The van der Waals surface area contributed by atoms with Gasteiger partial charge in [-0.25, -0.2) is 4.79 Å². The lowest BCUT2D eigenvalue weighted by Gasteiger charge is -2.23. The van der Waals surface area contributed by atoms with Crippen LogP contribution in [0.5, 0.6) is 5.75 Å². The molecule has 0 radical (unpaired) electrons. The lowest BCUT2D eigenvalue weighted by atomic mass is 10.0. The van der Waals surface area contributed by atoms with E-state index in [1.165, 1.54) is 35.7 Å². The third kappa shape index (κ3) is 5.02. The highest BCUT2D eigenvalue weighted by atomic mass is 32.2. The van der Waals surface area contributed by atoms with E-state index in [1.807, 2.05) is 0 Å². The Morgan fingerprint density at radius 1 is 1.07 bits per heavy atom. The van der Waals surface area contributed by atoms with Crippen molar-refractivity contribution in [3.63, 3.8) is 0 Å². The fourth-order valence-electron chi connectivity index (χ4n) is 4.18. The van der Waals surface area contributed by atoms with Crippen LogP contribution < -0.4 is 4.74 Å². The van der Waals surface area contributed by atoms with Crippen LogP contribution in [0.25, 0.3) is 0 Å². The molecule has 1 heterocycles. The van der Waals surface area contributed by atoms with Crippen molar-refractivity contribution in [2.45, 2.75) is 76.2 Å². The fraction of sp³-hybridized carbons (Fsp3) is 0.609. The van der Waals surface area contributed by atoms with Crippen LogP contribution in [0.2, 0.25) is 0 Å². The summed E-state index contributed by atoms with van der Waals surface area (Å²) in [6, 6.07) is 4.51. The normalized spacial score (nSPS) is 19.2. The molecule has 3 rings (SSSR count). The molecule has 1 aliphatic carbocycles. The summed E-state index contributed by atoms with van der Waals surface area (Å²) in [5.74, 6) is 9.14. The summed E-state index contributed by atoms with van der Waals surface area (Å²) >= 11 is 0. The summed E-state index contributed by atoms with van der Waals surface area (Å²) in [5, 5.41) is 0. The number of aryl methyl sites for hydroxylation is 2. The Morgan fingerprint density at radius 3 is 2.30 bits per heavy atom. The number of carbonyl (C=O) groups excluding carboxylic acids is 1. The molecule has 4 heteroatoms. The number of esters is 1. The zero-order valence-electron chi connectivity index (χ0n) is 16.9. The van der Waals surface area contributed by atoms with E-state index in [-0.39, 0.29) is 12.6 Å². The highest BCUT2D eigenvalue weighted by Gasteiger charge is 2.36. The second-order valence-corrected chi connectivity index (χ2v) is 9.96. The molecular weight excluding hydrogens is 356 g/mol. The third-order valence-corrected chi connectivity index (χ3v) is 7.92. The van der Waals surface area contributed by atoms with Gasteiger partial charge in [0.15, 0.2) is 17.1 Å². The molecule has 3 nitrogen and oxygen atoms in total. The lowest BCUT2D eigenvalue weighted by Crippen LogP contribution is -2.32. The Labute approximate surface area is 166 Å². The van der Waals surface area contributed by atoms with Gasteiger partial charge in [0.2, 0.25) is 0 Å². The lowest BCUT2D eigenvalue weighted by molar-refractivity contribution is -0.156. The Kier molecular flexibility index (Phi) is 6.76. The van der Waals surface area contributed by atoms with Crippen LogP contribution in [0.4, 0.5) is 0 Å². The molecule has 1 aromatic rings. The van der Waals surface area contributed by atoms with Gasteiger partial charge in [0, 0.05) is 10.9 Å². The van der Waals surface area contributed by atoms with Gasteiger partial charge in [-0.05, 0) is 89.0 Å². The van der Waals surface area contributed by atoms with Crippen molar-refractivity contribution in [1.29, 1.82) is 0 Å². The highest BCUT2D eigenvalue weighted by Crippen LogP contribution is 2.33. The summed E-state index contributed by atoms with van der Waals surface area (Å²) in [5.41, 5.74) is 1.63. The minimum atomic E-state index is -0.592. The number of benzene rings is 1. The van der Waals surface area contributed by atoms with E-state index in [4.69, 9.17) is 9.47 Å². The van der Waals surface area contributed by atoms with Crippen LogP contribution in [0.1, 0.15) is 63.0 Å². The first-order valence-electron chi connectivity index (χ1n) is 10.1. The Bertz CT molecular complexity index is 709. The molecule has 0 atom stereocenters. The maximum atomic E-state index is 12.4. The monoisotopic (exact) mass is 387 g/mol.